The number of carbonyl (C=O) groups excluding carboxylic acids is 2. The highest BCUT2D eigenvalue weighted by molar-refractivity contribution is 6.30. The molecular formula is C34H36ClN5O3. The standard InChI is InChI=1S/C34H36ClN5O3/c1-38-18-19-40(34(38)43)31-9-5-4-8-28(31)24-14-16-39(17-15-24)33(42)30(20-23-10-12-27(35)13-11-23)37-32(41)29-21-25-6-2-3-7-26(25)22-36-29/h2-13,18-19,24,29-30,36H,14-17,20-22H2,1H3,(H,37,41)/t29-,30+/m0/s1. The maximum Gasteiger partial charge on any atom is 0.332 e. The molecule has 0 unspecified atom stereocenters. The lowest BCUT2D eigenvalue weighted by Gasteiger charge is -2.36. The maximum atomic E-state index is 14.0. The van der Waals surface area contributed by atoms with Gasteiger partial charge in [0, 0.05) is 50.5 Å². The Hall–Kier alpha value is -4.14. The van der Waals surface area contributed by atoms with Crippen LogP contribution in [0.25, 0.3) is 5.69 Å². The number of fused-ring (bicyclic) bond motifs is 1. The summed E-state index contributed by atoms with van der Waals surface area (Å²) in [5.74, 6) is -0.0346. The molecule has 8 nitrogen and oxygen atoms in total. The number of aryl methyl sites for hydroxylation is 1. The van der Waals surface area contributed by atoms with Crippen molar-refractivity contribution in [2.75, 3.05) is 13.1 Å². The predicted molar refractivity (Wildman–Crippen MR) is 167 cm³/mol. The van der Waals surface area contributed by atoms with E-state index >= 15 is 0 Å². The van der Waals surface area contributed by atoms with Crippen molar-refractivity contribution in [3.63, 3.8) is 0 Å². The Morgan fingerprint density at radius 2 is 1.65 bits per heavy atom. The van der Waals surface area contributed by atoms with E-state index in [1.54, 1.807) is 40.7 Å². The molecule has 1 saturated heterocycles. The molecule has 9 heteroatoms. The molecule has 2 atom stereocenters. The molecule has 1 fully saturated rings. The van der Waals surface area contributed by atoms with Gasteiger partial charge in [0.1, 0.15) is 6.04 Å². The van der Waals surface area contributed by atoms with Crippen molar-refractivity contribution in [3.8, 4) is 5.69 Å². The highest BCUT2D eigenvalue weighted by Gasteiger charge is 2.33. The maximum absolute atomic E-state index is 14.0. The molecule has 3 aromatic carbocycles. The molecule has 0 spiro atoms. The Morgan fingerprint density at radius 3 is 2.37 bits per heavy atom. The third-order valence-electron chi connectivity index (χ3n) is 8.76. The van der Waals surface area contributed by atoms with Crippen molar-refractivity contribution in [2.24, 2.45) is 7.05 Å². The summed E-state index contributed by atoms with van der Waals surface area (Å²) in [5, 5.41) is 7.06. The summed E-state index contributed by atoms with van der Waals surface area (Å²) >= 11 is 6.11. The molecule has 43 heavy (non-hydrogen) atoms. The minimum absolute atomic E-state index is 0.0782. The molecule has 2 amide bonds. The molecule has 2 aliphatic heterocycles. The van der Waals surface area contributed by atoms with E-state index in [-0.39, 0.29) is 23.4 Å². The average Bonchev–Trinajstić information content (AvgIpc) is 3.38. The van der Waals surface area contributed by atoms with Gasteiger partial charge in [0.2, 0.25) is 11.8 Å². The van der Waals surface area contributed by atoms with Crippen LogP contribution < -0.4 is 16.3 Å². The Kier molecular flexibility index (Phi) is 8.49. The number of halogens is 1. The highest BCUT2D eigenvalue weighted by Crippen LogP contribution is 2.32. The lowest BCUT2D eigenvalue weighted by Crippen LogP contribution is -2.56. The van der Waals surface area contributed by atoms with E-state index in [1.807, 2.05) is 47.4 Å². The monoisotopic (exact) mass is 597 g/mol. The third kappa shape index (κ3) is 6.31. The lowest BCUT2D eigenvalue weighted by molar-refractivity contribution is -0.137. The normalized spacial score (nSPS) is 17.7. The first kappa shape index (κ1) is 29.0. The first-order valence-corrected chi connectivity index (χ1v) is 15.2. The van der Waals surface area contributed by atoms with Gasteiger partial charge < -0.3 is 20.1 Å². The van der Waals surface area contributed by atoms with Crippen LogP contribution in [0.1, 0.15) is 41.0 Å². The number of aromatic nitrogens is 2. The highest BCUT2D eigenvalue weighted by atomic mass is 35.5. The minimum Gasteiger partial charge on any atom is -0.343 e. The van der Waals surface area contributed by atoms with Gasteiger partial charge in [0.25, 0.3) is 0 Å². The van der Waals surface area contributed by atoms with Crippen LogP contribution in [0.4, 0.5) is 0 Å². The van der Waals surface area contributed by atoms with Gasteiger partial charge in [-0.2, -0.15) is 0 Å². The number of amides is 2. The summed E-state index contributed by atoms with van der Waals surface area (Å²) in [6.45, 7) is 1.77. The number of imidazole rings is 1. The van der Waals surface area contributed by atoms with E-state index in [4.69, 9.17) is 11.6 Å². The van der Waals surface area contributed by atoms with Gasteiger partial charge in [-0.1, -0.05) is 66.2 Å². The summed E-state index contributed by atoms with van der Waals surface area (Å²) in [7, 11) is 1.74. The quantitative estimate of drug-likeness (QED) is 0.337. The van der Waals surface area contributed by atoms with Gasteiger partial charge in [-0.3, -0.25) is 14.2 Å². The number of nitrogens with zero attached hydrogens (tertiary/aromatic N) is 3. The smallest absolute Gasteiger partial charge is 0.332 e. The number of para-hydroxylation sites is 1. The molecule has 6 rings (SSSR count). The first-order valence-electron chi connectivity index (χ1n) is 14.8. The van der Waals surface area contributed by atoms with E-state index in [1.165, 1.54) is 5.56 Å². The predicted octanol–water partition coefficient (Wildman–Crippen LogP) is 3.98. The number of carbonyl (C=O) groups is 2. The van der Waals surface area contributed by atoms with Crippen LogP contribution in [-0.2, 0) is 36.0 Å². The summed E-state index contributed by atoms with van der Waals surface area (Å²) < 4.78 is 3.25. The minimum atomic E-state index is -0.695. The van der Waals surface area contributed by atoms with E-state index in [9.17, 15) is 14.4 Å². The molecule has 0 aliphatic carbocycles. The van der Waals surface area contributed by atoms with Gasteiger partial charge in [-0.05, 0) is 65.6 Å². The second-order valence-electron chi connectivity index (χ2n) is 11.5. The Labute approximate surface area is 256 Å². The van der Waals surface area contributed by atoms with Crippen molar-refractivity contribution in [1.29, 1.82) is 0 Å². The number of nitrogens with one attached hydrogen (secondary N) is 2. The van der Waals surface area contributed by atoms with Crippen molar-refractivity contribution in [2.45, 2.75) is 50.2 Å². The fourth-order valence-electron chi connectivity index (χ4n) is 6.30. The SMILES string of the molecule is Cn1ccn(-c2ccccc2C2CCN(C(=O)[C@@H](Cc3ccc(Cl)cc3)NC(=O)[C@@H]3Cc4ccccc4CN3)CC2)c1=O. The molecule has 4 aromatic rings. The Morgan fingerprint density at radius 1 is 0.953 bits per heavy atom. The van der Waals surface area contributed by atoms with E-state index in [0.29, 0.717) is 37.5 Å². The van der Waals surface area contributed by atoms with Crippen LogP contribution >= 0.6 is 11.6 Å². The Bertz CT molecular complexity index is 1670. The second kappa shape index (κ2) is 12.6. The van der Waals surface area contributed by atoms with Crippen molar-refractivity contribution in [1.82, 2.24) is 24.7 Å². The zero-order valence-corrected chi connectivity index (χ0v) is 25.0. The number of benzene rings is 3. The summed E-state index contributed by atoms with van der Waals surface area (Å²) in [4.78, 5) is 42.0. The Balaban J connectivity index is 1.16. The van der Waals surface area contributed by atoms with E-state index in [0.717, 1.165) is 35.2 Å². The van der Waals surface area contributed by atoms with Crippen LogP contribution in [0.3, 0.4) is 0 Å². The molecule has 3 heterocycles. The summed E-state index contributed by atoms with van der Waals surface area (Å²) in [6, 6.07) is 22.4. The zero-order valence-electron chi connectivity index (χ0n) is 24.2. The molecule has 222 valence electrons. The molecule has 0 saturated carbocycles. The number of piperidine rings is 1. The number of hydrogen-bond donors (Lipinski definition) is 2. The van der Waals surface area contributed by atoms with Crippen LogP contribution in [0.15, 0.2) is 90.0 Å². The largest absolute Gasteiger partial charge is 0.343 e. The molecule has 2 N–H and O–H groups in total. The number of rotatable bonds is 7. The topological polar surface area (TPSA) is 88.4 Å². The van der Waals surface area contributed by atoms with E-state index < -0.39 is 12.1 Å². The van der Waals surface area contributed by atoms with Crippen LogP contribution in [-0.4, -0.2) is 51.0 Å². The van der Waals surface area contributed by atoms with Gasteiger partial charge in [-0.25, -0.2) is 4.79 Å². The lowest BCUT2D eigenvalue weighted by atomic mass is 9.88. The molecule has 2 aliphatic rings. The molecule has 1 aromatic heterocycles. The molecule has 0 bridgehead atoms. The first-order chi connectivity index (χ1) is 20.9. The summed E-state index contributed by atoms with van der Waals surface area (Å²) in [5.41, 5.74) is 5.19. The number of likely N-dealkylation sites (tertiary alicyclic amines) is 1. The molecular weight excluding hydrogens is 562 g/mol. The van der Waals surface area contributed by atoms with Crippen molar-refractivity contribution >= 4 is 23.4 Å². The second-order valence-corrected chi connectivity index (χ2v) is 12.0. The van der Waals surface area contributed by atoms with Gasteiger partial charge >= 0.3 is 5.69 Å². The van der Waals surface area contributed by atoms with Gasteiger partial charge in [0.15, 0.2) is 0 Å². The molecule has 0 radical (unpaired) electrons. The van der Waals surface area contributed by atoms with Crippen LogP contribution in [0.2, 0.25) is 5.02 Å². The van der Waals surface area contributed by atoms with E-state index in [2.05, 4.69) is 28.8 Å². The van der Waals surface area contributed by atoms with Gasteiger partial charge in [0.05, 0.1) is 11.7 Å². The van der Waals surface area contributed by atoms with Crippen molar-refractivity contribution < 1.29 is 9.59 Å². The van der Waals surface area contributed by atoms with Crippen LogP contribution in [0.5, 0.6) is 0 Å². The summed E-state index contributed by atoms with van der Waals surface area (Å²) in [6.07, 6.45) is 6.06. The fraction of sp³-hybridized carbons (Fsp3) is 0.324. The van der Waals surface area contributed by atoms with Crippen molar-refractivity contribution in [3.05, 3.63) is 123 Å². The fourth-order valence-corrected chi connectivity index (χ4v) is 6.43. The average molecular weight is 598 g/mol. The zero-order chi connectivity index (χ0) is 29.9. The van der Waals surface area contributed by atoms with Crippen LogP contribution in [0, 0.1) is 0 Å². The van der Waals surface area contributed by atoms with Gasteiger partial charge in [-0.15, -0.1) is 0 Å². The number of hydrogen-bond acceptors (Lipinski definition) is 4. The third-order valence-corrected chi connectivity index (χ3v) is 9.01.